The molecule has 26 heavy (non-hydrogen) atoms. The Labute approximate surface area is 150 Å². The highest BCUT2D eigenvalue weighted by Crippen LogP contribution is 2.29. The summed E-state index contributed by atoms with van der Waals surface area (Å²) in [5, 5.41) is 0. The molecule has 0 atom stereocenters. The van der Waals surface area contributed by atoms with E-state index in [4.69, 9.17) is 0 Å². The van der Waals surface area contributed by atoms with Gasteiger partial charge in [0.15, 0.2) is 5.78 Å². The number of carbonyl (C=O) groups excluding carboxylic acids is 2. The maximum absolute atomic E-state index is 12.6. The van der Waals surface area contributed by atoms with E-state index in [0.717, 1.165) is 17.7 Å². The molecule has 0 heterocycles. The fourth-order valence-corrected chi connectivity index (χ4v) is 2.46. The highest BCUT2D eigenvalue weighted by Gasteiger charge is 2.30. The molecule has 2 aromatic rings. The molecule has 3 nitrogen and oxygen atoms in total. The molecule has 0 aliphatic heterocycles. The van der Waals surface area contributed by atoms with Crippen LogP contribution >= 0.6 is 0 Å². The third-order valence-corrected chi connectivity index (χ3v) is 4.07. The summed E-state index contributed by atoms with van der Waals surface area (Å²) in [6.45, 7) is 2.11. The van der Waals surface area contributed by atoms with Gasteiger partial charge in [-0.15, -0.1) is 0 Å². The summed E-state index contributed by atoms with van der Waals surface area (Å²) in [5.74, 6) is -0.341. The Bertz CT molecular complexity index is 765. The Hall–Kier alpha value is -2.63. The normalized spacial score (nSPS) is 11.3. The third kappa shape index (κ3) is 5.44. The number of carbonyl (C=O) groups is 2. The van der Waals surface area contributed by atoms with E-state index in [1.807, 2.05) is 19.1 Å². The average Bonchev–Trinajstić information content (AvgIpc) is 2.59. The highest BCUT2D eigenvalue weighted by molar-refractivity contribution is 5.97. The van der Waals surface area contributed by atoms with Crippen molar-refractivity contribution in [3.8, 4) is 0 Å². The third-order valence-electron chi connectivity index (χ3n) is 4.07. The summed E-state index contributed by atoms with van der Waals surface area (Å²) in [7, 11) is 1.57. The van der Waals surface area contributed by atoms with Crippen molar-refractivity contribution < 1.29 is 22.8 Å². The lowest BCUT2D eigenvalue weighted by molar-refractivity contribution is -0.137. The molecular weight excluding hydrogens is 343 g/mol. The fraction of sp³-hybridized carbons (Fsp3) is 0.300. The number of alkyl halides is 3. The van der Waals surface area contributed by atoms with Crippen LogP contribution in [-0.4, -0.2) is 23.6 Å². The summed E-state index contributed by atoms with van der Waals surface area (Å²) in [6, 6.07) is 11.8. The maximum Gasteiger partial charge on any atom is 0.416 e. The summed E-state index contributed by atoms with van der Waals surface area (Å²) in [4.78, 5) is 25.7. The van der Waals surface area contributed by atoms with Crippen molar-refractivity contribution in [2.45, 2.75) is 32.5 Å². The predicted octanol–water partition coefficient (Wildman–Crippen LogP) is 4.64. The molecular formula is C20H20F3NO2. The zero-order valence-corrected chi connectivity index (χ0v) is 14.6. The van der Waals surface area contributed by atoms with Gasteiger partial charge < -0.3 is 4.90 Å². The second-order valence-corrected chi connectivity index (χ2v) is 6.23. The van der Waals surface area contributed by atoms with E-state index in [-0.39, 0.29) is 31.1 Å². The molecule has 2 aromatic carbocycles. The van der Waals surface area contributed by atoms with Crippen molar-refractivity contribution in [1.82, 2.24) is 4.90 Å². The van der Waals surface area contributed by atoms with E-state index in [1.165, 1.54) is 17.0 Å². The van der Waals surface area contributed by atoms with E-state index in [1.54, 1.807) is 19.2 Å². The molecule has 0 fully saturated rings. The molecule has 0 spiro atoms. The smallest absolute Gasteiger partial charge is 0.341 e. The minimum absolute atomic E-state index is 0.0594. The summed E-state index contributed by atoms with van der Waals surface area (Å²) >= 11 is 0. The lowest BCUT2D eigenvalue weighted by Gasteiger charge is -2.17. The SMILES string of the molecule is Cc1ccc(C(=O)CCC(=O)N(C)Cc2ccc(C(F)(F)F)cc2)cc1. The first kappa shape index (κ1) is 19.7. The largest absolute Gasteiger partial charge is 0.416 e. The quantitative estimate of drug-likeness (QED) is 0.702. The first-order valence-corrected chi connectivity index (χ1v) is 8.17. The summed E-state index contributed by atoms with van der Waals surface area (Å²) in [6.07, 6.45) is -4.22. The molecule has 0 aromatic heterocycles. The zero-order valence-electron chi connectivity index (χ0n) is 14.6. The molecule has 138 valence electrons. The lowest BCUT2D eigenvalue weighted by Crippen LogP contribution is -2.26. The monoisotopic (exact) mass is 363 g/mol. The van der Waals surface area contributed by atoms with E-state index in [9.17, 15) is 22.8 Å². The molecule has 0 N–H and O–H groups in total. The van der Waals surface area contributed by atoms with Crippen LogP contribution in [0.3, 0.4) is 0 Å². The maximum atomic E-state index is 12.6. The van der Waals surface area contributed by atoms with Crippen molar-refractivity contribution in [2.75, 3.05) is 7.05 Å². The summed E-state index contributed by atoms with van der Waals surface area (Å²) < 4.78 is 37.7. The molecule has 0 aliphatic carbocycles. The topological polar surface area (TPSA) is 37.4 Å². The Morgan fingerprint density at radius 2 is 1.50 bits per heavy atom. The van der Waals surface area contributed by atoms with Gasteiger partial charge in [0.1, 0.15) is 0 Å². The van der Waals surface area contributed by atoms with Crippen LogP contribution in [0.15, 0.2) is 48.5 Å². The van der Waals surface area contributed by atoms with Gasteiger partial charge in [0.2, 0.25) is 5.91 Å². The van der Waals surface area contributed by atoms with Crippen LogP contribution in [0.2, 0.25) is 0 Å². The molecule has 0 radical (unpaired) electrons. The second-order valence-electron chi connectivity index (χ2n) is 6.23. The number of benzene rings is 2. The van der Waals surface area contributed by atoms with Crippen molar-refractivity contribution >= 4 is 11.7 Å². The van der Waals surface area contributed by atoms with Crippen molar-refractivity contribution in [3.05, 3.63) is 70.8 Å². The van der Waals surface area contributed by atoms with E-state index in [0.29, 0.717) is 11.1 Å². The van der Waals surface area contributed by atoms with E-state index in [2.05, 4.69) is 0 Å². The molecule has 2 rings (SSSR count). The van der Waals surface area contributed by atoms with Crippen LogP contribution < -0.4 is 0 Å². The Morgan fingerprint density at radius 1 is 0.923 bits per heavy atom. The minimum atomic E-state index is -4.38. The predicted molar refractivity (Wildman–Crippen MR) is 92.7 cm³/mol. The van der Waals surface area contributed by atoms with Gasteiger partial charge in [-0.1, -0.05) is 42.0 Å². The van der Waals surface area contributed by atoms with Crippen molar-refractivity contribution in [1.29, 1.82) is 0 Å². The number of hydrogen-bond acceptors (Lipinski definition) is 2. The van der Waals surface area contributed by atoms with Gasteiger partial charge in [-0.2, -0.15) is 13.2 Å². The minimum Gasteiger partial charge on any atom is -0.341 e. The summed E-state index contributed by atoms with van der Waals surface area (Å²) in [5.41, 5.74) is 1.49. The van der Waals surface area contributed by atoms with Crippen LogP contribution in [0.1, 0.15) is 39.9 Å². The lowest BCUT2D eigenvalue weighted by atomic mass is 10.0. The van der Waals surface area contributed by atoms with E-state index < -0.39 is 11.7 Å². The number of halogens is 3. The van der Waals surface area contributed by atoms with Crippen LogP contribution in [0.25, 0.3) is 0 Å². The average molecular weight is 363 g/mol. The number of amides is 1. The number of ketones is 1. The number of hydrogen-bond donors (Lipinski definition) is 0. The molecule has 1 amide bonds. The number of rotatable bonds is 6. The number of nitrogens with zero attached hydrogens (tertiary/aromatic N) is 1. The number of Topliss-reactive ketones (excluding diaryl/α,β-unsaturated/α-hetero) is 1. The number of aryl methyl sites for hydroxylation is 1. The van der Waals surface area contributed by atoms with Crippen molar-refractivity contribution in [2.24, 2.45) is 0 Å². The van der Waals surface area contributed by atoms with Crippen molar-refractivity contribution in [3.63, 3.8) is 0 Å². The van der Waals surface area contributed by atoms with Gasteiger partial charge in [-0.25, -0.2) is 0 Å². The molecule has 0 bridgehead atoms. The Morgan fingerprint density at radius 3 is 2.04 bits per heavy atom. The standard InChI is InChI=1S/C20H20F3NO2/c1-14-3-7-16(8-4-14)18(25)11-12-19(26)24(2)13-15-5-9-17(10-6-15)20(21,22)23/h3-10H,11-13H2,1-2H3. The highest BCUT2D eigenvalue weighted by atomic mass is 19.4. The molecule has 0 saturated carbocycles. The van der Waals surface area contributed by atoms with Crippen LogP contribution in [0, 0.1) is 6.92 Å². The van der Waals surface area contributed by atoms with Gasteiger partial charge in [0.25, 0.3) is 0 Å². The molecule has 6 heteroatoms. The van der Waals surface area contributed by atoms with Crippen LogP contribution in [-0.2, 0) is 17.5 Å². The molecule has 0 unspecified atom stereocenters. The van der Waals surface area contributed by atoms with Gasteiger partial charge in [0, 0.05) is 32.0 Å². The van der Waals surface area contributed by atoms with Crippen LogP contribution in [0.5, 0.6) is 0 Å². The Kier molecular flexibility index (Phi) is 6.18. The van der Waals surface area contributed by atoms with E-state index >= 15 is 0 Å². The second kappa shape index (κ2) is 8.17. The van der Waals surface area contributed by atoms with Gasteiger partial charge in [-0.3, -0.25) is 9.59 Å². The van der Waals surface area contributed by atoms with Gasteiger partial charge in [0.05, 0.1) is 5.56 Å². The Balaban J connectivity index is 1.87. The molecule has 0 saturated heterocycles. The van der Waals surface area contributed by atoms with Gasteiger partial charge >= 0.3 is 6.18 Å². The molecule has 0 aliphatic rings. The van der Waals surface area contributed by atoms with Crippen LogP contribution in [0.4, 0.5) is 13.2 Å². The first-order valence-electron chi connectivity index (χ1n) is 8.17. The fourth-order valence-electron chi connectivity index (χ4n) is 2.46. The van der Waals surface area contributed by atoms with Gasteiger partial charge in [-0.05, 0) is 24.6 Å². The zero-order chi connectivity index (χ0) is 19.3. The first-order chi connectivity index (χ1) is 12.2.